The molecule has 4 aromatic rings. The van der Waals surface area contributed by atoms with Crippen LogP contribution in [0.25, 0.3) is 0 Å². The highest BCUT2D eigenvalue weighted by atomic mass is 32.2. The normalized spacial score (nSPS) is 13.4. The number of thioether (sulfide) groups is 1. The summed E-state index contributed by atoms with van der Waals surface area (Å²) in [6.45, 7) is 2.08. The van der Waals surface area contributed by atoms with Gasteiger partial charge in [0.1, 0.15) is 16.0 Å². The lowest BCUT2D eigenvalue weighted by atomic mass is 9.96. The minimum Gasteiger partial charge on any atom is -0.495 e. The Kier molecular flexibility index (Phi) is 11.5. The molecule has 1 atom stereocenters. The molecule has 1 amide bonds. The van der Waals surface area contributed by atoms with E-state index in [1.807, 2.05) is 78.9 Å². The number of benzene rings is 3. The standard InChI is InChI=1S/C35H37N3O4S3/c1-3-42-34(40)30-26-18-9-4-5-10-21-29(26)45-33(30)38-32(39)31(23-14-7-6-8-15-23)44-25-17-13-16-24(22-25)36-35(43)37-27-19-11-12-20-28(27)41-2/h6-8,11-17,19-20,22,31H,3-5,9-10,18,21H2,1-2H3,(H,38,39)(H2,36,37,43). The number of thiocarbonyl (C=S) groups is 1. The molecule has 7 nitrogen and oxygen atoms in total. The smallest absolute Gasteiger partial charge is 0.341 e. The Hall–Kier alpha value is -3.86. The van der Waals surface area contributed by atoms with Crippen molar-refractivity contribution in [3.8, 4) is 5.75 Å². The van der Waals surface area contributed by atoms with Crippen LogP contribution in [-0.4, -0.2) is 30.7 Å². The maximum Gasteiger partial charge on any atom is 0.341 e. The fourth-order valence-electron chi connectivity index (χ4n) is 5.32. The van der Waals surface area contributed by atoms with Gasteiger partial charge in [0.2, 0.25) is 5.91 Å². The summed E-state index contributed by atoms with van der Waals surface area (Å²) in [5, 5.41) is 9.99. The van der Waals surface area contributed by atoms with E-state index < -0.39 is 5.25 Å². The molecule has 3 N–H and O–H groups in total. The average Bonchev–Trinajstić information content (AvgIpc) is 3.36. The molecule has 45 heavy (non-hydrogen) atoms. The van der Waals surface area contributed by atoms with Gasteiger partial charge in [-0.15, -0.1) is 23.1 Å². The zero-order valence-electron chi connectivity index (χ0n) is 25.4. The number of anilines is 3. The van der Waals surface area contributed by atoms with E-state index in [0.717, 1.165) is 59.5 Å². The molecule has 1 aromatic heterocycles. The summed E-state index contributed by atoms with van der Waals surface area (Å²) in [6, 6.07) is 25.0. The maximum absolute atomic E-state index is 14.1. The average molecular weight is 660 g/mol. The summed E-state index contributed by atoms with van der Waals surface area (Å²) in [5.41, 5.74) is 3.95. The van der Waals surface area contributed by atoms with Crippen LogP contribution in [0.4, 0.5) is 16.4 Å². The van der Waals surface area contributed by atoms with Gasteiger partial charge in [-0.2, -0.15) is 0 Å². The van der Waals surface area contributed by atoms with Crippen molar-refractivity contribution < 1.29 is 19.1 Å². The van der Waals surface area contributed by atoms with E-state index in [4.69, 9.17) is 21.7 Å². The molecule has 0 saturated heterocycles. The van der Waals surface area contributed by atoms with E-state index >= 15 is 0 Å². The molecule has 0 fully saturated rings. The largest absolute Gasteiger partial charge is 0.495 e. The second-order valence-corrected chi connectivity index (χ2v) is 13.2. The molecule has 234 valence electrons. The third-order valence-electron chi connectivity index (χ3n) is 7.43. The van der Waals surface area contributed by atoms with Crippen molar-refractivity contribution in [3.05, 3.63) is 100 Å². The van der Waals surface area contributed by atoms with E-state index in [2.05, 4.69) is 16.0 Å². The van der Waals surface area contributed by atoms with Crippen LogP contribution in [0.15, 0.2) is 83.8 Å². The van der Waals surface area contributed by atoms with Crippen molar-refractivity contribution in [2.75, 3.05) is 29.7 Å². The van der Waals surface area contributed by atoms with Crippen LogP contribution in [0.5, 0.6) is 5.75 Å². The van der Waals surface area contributed by atoms with Gasteiger partial charge < -0.3 is 25.4 Å². The fourth-order valence-corrected chi connectivity index (χ4v) is 7.91. The number of para-hydroxylation sites is 2. The highest BCUT2D eigenvalue weighted by Crippen LogP contribution is 2.41. The number of methoxy groups -OCH3 is 1. The Bertz CT molecular complexity index is 1640. The van der Waals surface area contributed by atoms with Gasteiger partial charge in [0.05, 0.1) is 25.0 Å². The molecule has 10 heteroatoms. The Balaban J connectivity index is 1.38. The number of fused-ring (bicyclic) bond motifs is 1. The number of carbonyl (C=O) groups is 2. The lowest BCUT2D eigenvalue weighted by Gasteiger charge is -2.18. The van der Waals surface area contributed by atoms with Gasteiger partial charge in [0.25, 0.3) is 0 Å². The first-order chi connectivity index (χ1) is 22.0. The number of nitrogens with one attached hydrogen (secondary N) is 3. The number of ether oxygens (including phenoxy) is 2. The van der Waals surface area contributed by atoms with Crippen molar-refractivity contribution in [2.24, 2.45) is 0 Å². The van der Waals surface area contributed by atoms with Crippen molar-refractivity contribution in [3.63, 3.8) is 0 Å². The summed E-state index contributed by atoms with van der Waals surface area (Å²) in [7, 11) is 1.61. The predicted octanol–water partition coefficient (Wildman–Crippen LogP) is 8.87. The first kappa shape index (κ1) is 32.5. The fraction of sp³-hybridized carbons (Fsp3) is 0.286. The quantitative estimate of drug-likeness (QED) is 0.0884. The number of amides is 1. The molecule has 0 radical (unpaired) electrons. The lowest BCUT2D eigenvalue weighted by Crippen LogP contribution is -2.21. The van der Waals surface area contributed by atoms with Crippen LogP contribution in [0.3, 0.4) is 0 Å². The molecule has 1 heterocycles. The molecule has 5 rings (SSSR count). The molecule has 1 aliphatic carbocycles. The Morgan fingerprint density at radius 2 is 1.67 bits per heavy atom. The molecular weight excluding hydrogens is 623 g/mol. The molecular formula is C35H37N3O4S3. The first-order valence-corrected chi connectivity index (χ1v) is 17.2. The summed E-state index contributed by atoms with van der Waals surface area (Å²) in [5.74, 6) is 0.121. The molecule has 0 saturated carbocycles. The van der Waals surface area contributed by atoms with Gasteiger partial charge in [-0.3, -0.25) is 4.79 Å². The van der Waals surface area contributed by atoms with Gasteiger partial charge in [-0.1, -0.05) is 61.4 Å². The third-order valence-corrected chi connectivity index (χ3v) is 10.1. The maximum atomic E-state index is 14.1. The van der Waals surface area contributed by atoms with Crippen LogP contribution in [0, 0.1) is 0 Å². The molecule has 1 aliphatic rings. The van der Waals surface area contributed by atoms with Crippen molar-refractivity contribution in [1.82, 2.24) is 0 Å². The lowest BCUT2D eigenvalue weighted by molar-refractivity contribution is -0.115. The minimum absolute atomic E-state index is 0.197. The SMILES string of the molecule is CCOC(=O)c1c(NC(=O)C(Sc2cccc(NC(=S)Nc3ccccc3OC)c2)c2ccccc2)sc2c1CCCCCC2. The number of rotatable bonds is 10. The highest BCUT2D eigenvalue weighted by Gasteiger charge is 2.29. The number of hydrogen-bond acceptors (Lipinski definition) is 7. The molecule has 0 bridgehead atoms. The van der Waals surface area contributed by atoms with Crippen molar-refractivity contribution >= 4 is 68.7 Å². The monoisotopic (exact) mass is 659 g/mol. The van der Waals surface area contributed by atoms with Gasteiger partial charge in [0, 0.05) is 15.5 Å². The Morgan fingerprint density at radius 1 is 0.911 bits per heavy atom. The molecule has 3 aromatic carbocycles. The first-order valence-electron chi connectivity index (χ1n) is 15.1. The van der Waals surface area contributed by atoms with E-state index in [1.165, 1.54) is 34.4 Å². The molecule has 0 spiro atoms. The Labute approximate surface area is 278 Å². The number of carbonyl (C=O) groups excluding carboxylic acids is 2. The van der Waals surface area contributed by atoms with E-state index in [9.17, 15) is 9.59 Å². The number of esters is 1. The number of aryl methyl sites for hydroxylation is 1. The van der Waals surface area contributed by atoms with Gasteiger partial charge in [-0.25, -0.2) is 4.79 Å². The third kappa shape index (κ3) is 8.45. The zero-order valence-corrected chi connectivity index (χ0v) is 27.8. The number of hydrogen-bond donors (Lipinski definition) is 3. The second-order valence-electron chi connectivity index (χ2n) is 10.5. The van der Waals surface area contributed by atoms with Gasteiger partial charge >= 0.3 is 5.97 Å². The predicted molar refractivity (Wildman–Crippen MR) is 189 cm³/mol. The molecule has 0 aliphatic heterocycles. The van der Waals surface area contributed by atoms with Crippen LogP contribution >= 0.6 is 35.3 Å². The van der Waals surface area contributed by atoms with Crippen LogP contribution < -0.4 is 20.7 Å². The zero-order chi connectivity index (χ0) is 31.6. The van der Waals surface area contributed by atoms with Crippen LogP contribution in [0.1, 0.15) is 64.2 Å². The summed E-state index contributed by atoms with van der Waals surface area (Å²) in [4.78, 5) is 29.3. The number of thiophene rings is 1. The Morgan fingerprint density at radius 3 is 2.44 bits per heavy atom. The summed E-state index contributed by atoms with van der Waals surface area (Å²) >= 11 is 8.52. The summed E-state index contributed by atoms with van der Waals surface area (Å²) in [6.07, 6.45) is 6.14. The summed E-state index contributed by atoms with van der Waals surface area (Å²) < 4.78 is 10.9. The highest BCUT2D eigenvalue weighted by molar-refractivity contribution is 8.00. The van der Waals surface area contributed by atoms with Gasteiger partial charge in [-0.05, 0) is 86.3 Å². The van der Waals surface area contributed by atoms with Crippen LogP contribution in [-0.2, 0) is 22.4 Å². The minimum atomic E-state index is -0.570. The van der Waals surface area contributed by atoms with Gasteiger partial charge in [0.15, 0.2) is 5.11 Å². The second kappa shape index (κ2) is 15.9. The van der Waals surface area contributed by atoms with Crippen LogP contribution in [0.2, 0.25) is 0 Å². The van der Waals surface area contributed by atoms with Crippen molar-refractivity contribution in [2.45, 2.75) is 55.6 Å². The van der Waals surface area contributed by atoms with E-state index in [0.29, 0.717) is 21.4 Å². The van der Waals surface area contributed by atoms with E-state index in [1.54, 1.807) is 14.0 Å². The van der Waals surface area contributed by atoms with Crippen molar-refractivity contribution in [1.29, 1.82) is 0 Å². The molecule has 1 unspecified atom stereocenters. The topological polar surface area (TPSA) is 88.7 Å². The van der Waals surface area contributed by atoms with E-state index in [-0.39, 0.29) is 18.5 Å².